The molecule has 0 aromatic heterocycles. The van der Waals surface area contributed by atoms with Crippen LogP contribution in [0.25, 0.3) is 0 Å². The number of hydrogen-bond acceptors (Lipinski definition) is 6. The Morgan fingerprint density at radius 2 is 2.21 bits per heavy atom. The molecule has 14 heavy (non-hydrogen) atoms. The third-order valence-electron chi connectivity index (χ3n) is 1.11. The Labute approximate surface area is 97.9 Å². The second kappa shape index (κ2) is 11.4. The van der Waals surface area contributed by atoms with Crippen molar-refractivity contribution in [3.8, 4) is 0 Å². The van der Waals surface area contributed by atoms with Gasteiger partial charge in [0.2, 0.25) is 0 Å². The highest BCUT2D eigenvalue weighted by Crippen LogP contribution is 1.99. The van der Waals surface area contributed by atoms with Crippen LogP contribution in [0.4, 0.5) is 4.79 Å². The topological polar surface area (TPSA) is 58.6 Å². The number of ether oxygens (including phenoxy) is 1. The van der Waals surface area contributed by atoms with Crippen molar-refractivity contribution in [1.29, 1.82) is 0 Å². The number of thiol groups is 1. The van der Waals surface area contributed by atoms with Crippen LogP contribution < -0.4 is 5.32 Å². The van der Waals surface area contributed by atoms with Gasteiger partial charge in [0.25, 0.3) is 0 Å². The van der Waals surface area contributed by atoms with E-state index in [-0.39, 0.29) is 6.61 Å². The number of carbonyl (C=O) groups excluding carboxylic acids is 1. The predicted molar refractivity (Wildman–Crippen MR) is 65.2 cm³/mol. The summed E-state index contributed by atoms with van der Waals surface area (Å²) in [6.07, 6.45) is -0.399. The number of aliphatic hydroxyl groups excluding tert-OH is 1. The third-order valence-corrected chi connectivity index (χ3v) is 3.11. The maximum atomic E-state index is 10.9. The highest BCUT2D eigenvalue weighted by molar-refractivity contribution is 8.09. The van der Waals surface area contributed by atoms with Crippen LogP contribution in [0.2, 0.25) is 0 Å². The standard InChI is InChI=1S/C7H15NO3S3/c9-1-3-13-4-2-11-7(10)8-5-14-6-12/h9,12H,1-6H2,(H,8,10). The molecule has 0 aliphatic heterocycles. The first-order valence-corrected chi connectivity index (χ1v) is 7.03. The fourth-order valence-electron chi connectivity index (χ4n) is 0.567. The highest BCUT2D eigenvalue weighted by Gasteiger charge is 1.99. The summed E-state index contributed by atoms with van der Waals surface area (Å²) < 4.78 is 4.84. The van der Waals surface area contributed by atoms with E-state index in [2.05, 4.69) is 17.9 Å². The minimum Gasteiger partial charge on any atom is -0.449 e. The molecule has 0 aliphatic rings. The summed E-state index contributed by atoms with van der Waals surface area (Å²) in [5, 5.41) is 11.7. The van der Waals surface area contributed by atoms with Crippen molar-refractivity contribution in [3.63, 3.8) is 0 Å². The van der Waals surface area contributed by atoms with Crippen LogP contribution in [0, 0.1) is 0 Å². The molecule has 2 N–H and O–H groups in total. The highest BCUT2D eigenvalue weighted by atomic mass is 32.2. The summed E-state index contributed by atoms with van der Waals surface area (Å²) in [5.74, 6) is 1.92. The van der Waals surface area contributed by atoms with Crippen LogP contribution in [0.5, 0.6) is 0 Å². The Bertz CT molecular complexity index is 148. The van der Waals surface area contributed by atoms with Gasteiger partial charge in [-0.05, 0) is 0 Å². The van der Waals surface area contributed by atoms with Crippen LogP contribution in [-0.4, -0.2) is 46.9 Å². The summed E-state index contributed by atoms with van der Waals surface area (Å²) in [5.41, 5.74) is 0. The van der Waals surface area contributed by atoms with Gasteiger partial charge < -0.3 is 15.2 Å². The SMILES string of the molecule is O=C(NCSCS)OCCSCCO. The van der Waals surface area contributed by atoms with Crippen molar-refractivity contribution in [2.75, 3.05) is 35.7 Å². The molecular formula is C7H15NO3S3. The van der Waals surface area contributed by atoms with Gasteiger partial charge in [-0.2, -0.15) is 24.4 Å². The van der Waals surface area contributed by atoms with Crippen LogP contribution in [-0.2, 0) is 4.74 Å². The van der Waals surface area contributed by atoms with Gasteiger partial charge in [-0.15, -0.1) is 11.8 Å². The summed E-state index contributed by atoms with van der Waals surface area (Å²) in [7, 11) is 0. The monoisotopic (exact) mass is 257 g/mol. The lowest BCUT2D eigenvalue weighted by molar-refractivity contribution is 0.155. The Morgan fingerprint density at radius 3 is 2.86 bits per heavy atom. The normalized spacial score (nSPS) is 9.86. The summed E-state index contributed by atoms with van der Waals surface area (Å²) in [6, 6.07) is 0. The molecule has 0 fully saturated rings. The van der Waals surface area contributed by atoms with Crippen LogP contribution >= 0.6 is 36.2 Å². The lowest BCUT2D eigenvalue weighted by atomic mass is 10.8. The van der Waals surface area contributed by atoms with Gasteiger partial charge in [0.15, 0.2) is 0 Å². The molecular weight excluding hydrogens is 242 g/mol. The molecule has 0 aliphatic carbocycles. The number of rotatable bonds is 8. The number of aliphatic hydroxyl groups is 1. The van der Waals surface area contributed by atoms with Gasteiger partial charge in [0.05, 0.1) is 12.5 Å². The molecule has 4 nitrogen and oxygen atoms in total. The van der Waals surface area contributed by atoms with Gasteiger partial charge in [-0.1, -0.05) is 0 Å². The maximum absolute atomic E-state index is 10.9. The van der Waals surface area contributed by atoms with Gasteiger partial charge >= 0.3 is 6.09 Å². The number of hydrogen-bond donors (Lipinski definition) is 3. The van der Waals surface area contributed by atoms with Crippen molar-refractivity contribution >= 4 is 42.2 Å². The quantitative estimate of drug-likeness (QED) is 0.344. The van der Waals surface area contributed by atoms with E-state index in [1.54, 1.807) is 11.8 Å². The Morgan fingerprint density at radius 1 is 1.43 bits per heavy atom. The molecule has 0 atom stereocenters. The molecule has 0 radical (unpaired) electrons. The van der Waals surface area contributed by atoms with E-state index in [0.29, 0.717) is 29.1 Å². The molecule has 0 spiro atoms. The minimum absolute atomic E-state index is 0.162. The van der Waals surface area contributed by atoms with E-state index in [1.165, 1.54) is 11.8 Å². The van der Waals surface area contributed by atoms with Crippen LogP contribution in [0.15, 0.2) is 0 Å². The Hall–Kier alpha value is 0.280. The smallest absolute Gasteiger partial charge is 0.407 e. The zero-order valence-electron chi connectivity index (χ0n) is 7.77. The second-order valence-electron chi connectivity index (χ2n) is 2.13. The van der Waals surface area contributed by atoms with Crippen molar-refractivity contribution in [2.45, 2.75) is 0 Å². The van der Waals surface area contributed by atoms with Crippen LogP contribution in [0.1, 0.15) is 0 Å². The molecule has 0 heterocycles. The van der Waals surface area contributed by atoms with E-state index < -0.39 is 6.09 Å². The number of alkyl carbamates (subject to hydrolysis) is 1. The summed E-state index contributed by atoms with van der Waals surface area (Å²) >= 11 is 7.02. The van der Waals surface area contributed by atoms with Crippen molar-refractivity contribution < 1.29 is 14.6 Å². The van der Waals surface area contributed by atoms with Gasteiger partial charge in [-0.3, -0.25) is 0 Å². The fraction of sp³-hybridized carbons (Fsp3) is 0.857. The van der Waals surface area contributed by atoms with E-state index in [4.69, 9.17) is 9.84 Å². The molecule has 0 aromatic carbocycles. The van der Waals surface area contributed by atoms with Crippen molar-refractivity contribution in [1.82, 2.24) is 5.32 Å². The van der Waals surface area contributed by atoms with E-state index >= 15 is 0 Å². The molecule has 84 valence electrons. The second-order valence-corrected chi connectivity index (χ2v) is 5.08. The van der Waals surface area contributed by atoms with E-state index in [0.717, 1.165) is 0 Å². The molecule has 0 bridgehead atoms. The third kappa shape index (κ3) is 10.4. The number of amides is 1. The summed E-state index contributed by atoms with van der Waals surface area (Å²) in [4.78, 5) is 10.9. The molecule has 0 unspecified atom stereocenters. The van der Waals surface area contributed by atoms with E-state index in [1.807, 2.05) is 0 Å². The van der Waals surface area contributed by atoms with Gasteiger partial charge in [0, 0.05) is 16.6 Å². The Kier molecular flexibility index (Phi) is 11.6. The average molecular weight is 257 g/mol. The van der Waals surface area contributed by atoms with Gasteiger partial charge in [0.1, 0.15) is 6.61 Å². The minimum atomic E-state index is -0.399. The largest absolute Gasteiger partial charge is 0.449 e. The summed E-state index contributed by atoms with van der Waals surface area (Å²) in [6.45, 7) is 0.539. The molecule has 0 rings (SSSR count). The molecule has 1 amide bonds. The van der Waals surface area contributed by atoms with E-state index in [9.17, 15) is 4.79 Å². The lowest BCUT2D eigenvalue weighted by Crippen LogP contribution is -2.24. The number of carbonyl (C=O) groups is 1. The van der Waals surface area contributed by atoms with Crippen molar-refractivity contribution in [3.05, 3.63) is 0 Å². The van der Waals surface area contributed by atoms with Crippen molar-refractivity contribution in [2.24, 2.45) is 0 Å². The fourth-order valence-corrected chi connectivity index (χ4v) is 1.69. The predicted octanol–water partition coefficient (Wildman–Crippen LogP) is 1.02. The average Bonchev–Trinajstić information content (AvgIpc) is 2.18. The molecule has 7 heteroatoms. The lowest BCUT2D eigenvalue weighted by Gasteiger charge is -2.05. The number of thioether (sulfide) groups is 2. The first kappa shape index (κ1) is 14.3. The zero-order valence-corrected chi connectivity index (χ0v) is 10.3. The van der Waals surface area contributed by atoms with Crippen LogP contribution in [0.3, 0.4) is 0 Å². The Balaban J connectivity index is 3.10. The molecule has 0 saturated carbocycles. The molecule has 0 aromatic rings. The molecule has 0 saturated heterocycles. The first-order chi connectivity index (χ1) is 6.81. The number of nitrogens with one attached hydrogen (secondary N) is 1. The van der Waals surface area contributed by atoms with Gasteiger partial charge in [-0.25, -0.2) is 4.79 Å². The zero-order chi connectivity index (χ0) is 10.6. The first-order valence-electron chi connectivity index (χ1n) is 4.09. The maximum Gasteiger partial charge on any atom is 0.407 e.